The second-order valence-electron chi connectivity index (χ2n) is 20.5. The summed E-state index contributed by atoms with van der Waals surface area (Å²) in [4.78, 5) is 34.3. The van der Waals surface area contributed by atoms with Gasteiger partial charge in [-0.25, -0.2) is 0 Å². The molecule has 0 aliphatic carbocycles. The van der Waals surface area contributed by atoms with Crippen LogP contribution in [0.5, 0.6) is 0 Å². The molecule has 426 valence electrons. The van der Waals surface area contributed by atoms with E-state index in [1.165, 1.54) is 212 Å². The topological polar surface area (TPSA) is 140 Å². The van der Waals surface area contributed by atoms with Crippen molar-refractivity contribution in [3.05, 3.63) is 36.5 Å². The summed E-state index contributed by atoms with van der Waals surface area (Å²) in [6.45, 7) is 12.1. The van der Waals surface area contributed by atoms with Crippen molar-refractivity contribution in [3.63, 3.8) is 0 Å². The Morgan fingerprint density at radius 2 is 0.736 bits per heavy atom. The number of esters is 3. The summed E-state index contributed by atoms with van der Waals surface area (Å²) in [7, 11) is 0. The van der Waals surface area contributed by atoms with Crippen LogP contribution < -0.4 is 0 Å². The van der Waals surface area contributed by atoms with Gasteiger partial charge >= 0.3 is 17.9 Å². The predicted octanol–water partition coefficient (Wildman–Crippen LogP) is 17.7. The van der Waals surface area contributed by atoms with Gasteiger partial charge in [0.25, 0.3) is 0 Å². The molecule has 0 fully saturated rings. The second-order valence-corrected chi connectivity index (χ2v) is 20.5. The molecule has 0 saturated heterocycles. The van der Waals surface area contributed by atoms with Crippen molar-refractivity contribution in [2.75, 3.05) is 26.4 Å². The first-order chi connectivity index (χ1) is 35.1. The van der Waals surface area contributed by atoms with Gasteiger partial charge in [0.2, 0.25) is 0 Å². The fourth-order valence-corrected chi connectivity index (χ4v) is 8.04. The summed E-state index contributed by atoms with van der Waals surface area (Å²) >= 11 is 0. The summed E-state index contributed by atoms with van der Waals surface area (Å²) in [6, 6.07) is 0. The SMILES string of the molecule is CCCCCCCC/C=C\CCCCCCC(C)C(=O)OCCO.CCCCCCCC/C=C\CCCCCCCC(=O)OC(C)CO.CCCCCCCC/C=C\CCCCCCCC(=O)OCC(C)O. The third-order valence-electron chi connectivity index (χ3n) is 12.7. The molecule has 9 heteroatoms. The molecule has 72 heavy (non-hydrogen) atoms. The van der Waals surface area contributed by atoms with Crippen LogP contribution in [-0.4, -0.2) is 71.9 Å². The van der Waals surface area contributed by atoms with Crippen LogP contribution in [0.15, 0.2) is 36.5 Å². The van der Waals surface area contributed by atoms with Gasteiger partial charge in [-0.15, -0.1) is 0 Å². The van der Waals surface area contributed by atoms with Gasteiger partial charge in [0, 0.05) is 12.8 Å². The van der Waals surface area contributed by atoms with Gasteiger partial charge < -0.3 is 29.5 Å². The van der Waals surface area contributed by atoms with Gasteiger partial charge in [-0.05, 0) is 110 Å². The first kappa shape index (κ1) is 73.8. The summed E-state index contributed by atoms with van der Waals surface area (Å²) in [5.41, 5.74) is 0. The van der Waals surface area contributed by atoms with E-state index in [0.717, 1.165) is 38.5 Å². The molecule has 0 spiro atoms. The Balaban J connectivity index is -0.000000992. The van der Waals surface area contributed by atoms with Crippen LogP contribution in [-0.2, 0) is 28.6 Å². The molecule has 3 unspecified atom stereocenters. The monoisotopic (exact) mass is 1020 g/mol. The van der Waals surface area contributed by atoms with Crippen LogP contribution in [0.3, 0.4) is 0 Å². The Hall–Kier alpha value is -2.49. The summed E-state index contributed by atoms with van der Waals surface area (Å²) in [5, 5.41) is 26.4. The molecular weight excluding hydrogens is 901 g/mol. The Morgan fingerprint density at radius 3 is 1.07 bits per heavy atom. The molecule has 0 aliphatic heterocycles. The van der Waals surface area contributed by atoms with Crippen LogP contribution in [0.4, 0.5) is 0 Å². The summed E-state index contributed by atoms with van der Waals surface area (Å²) in [6.07, 6.45) is 63.0. The van der Waals surface area contributed by atoms with Gasteiger partial charge in [0.15, 0.2) is 0 Å². The minimum atomic E-state index is -0.567. The van der Waals surface area contributed by atoms with Crippen molar-refractivity contribution in [1.29, 1.82) is 0 Å². The molecule has 3 atom stereocenters. The average Bonchev–Trinajstić information content (AvgIpc) is 3.37. The van der Waals surface area contributed by atoms with E-state index >= 15 is 0 Å². The molecule has 0 amide bonds. The highest BCUT2D eigenvalue weighted by Gasteiger charge is 2.13. The van der Waals surface area contributed by atoms with E-state index in [4.69, 9.17) is 29.5 Å². The van der Waals surface area contributed by atoms with Gasteiger partial charge in [-0.3, -0.25) is 14.4 Å². The third-order valence-corrected chi connectivity index (χ3v) is 12.7. The van der Waals surface area contributed by atoms with Crippen LogP contribution in [0, 0.1) is 5.92 Å². The number of aliphatic hydroxyl groups is 3. The number of allylic oxidation sites excluding steroid dienone is 6. The standard InChI is InChI=1S/3C21H40O3/c1-3-4-5-6-7-8-9-10-11-12-13-14-15-16-17-20(2)21(23)24-19-18-22;1-3-4-5-6-7-8-9-10-11-12-13-14-15-16-17-18-21(23)24-19-20(2)22;1-3-4-5-6-7-8-9-10-11-12-13-14-15-16-17-18-21(23)24-20(2)19-22/h3*10-11,20,22H,3-9,12-19H2,1-2H3/b3*11-10-. The third kappa shape index (κ3) is 67.5. The molecule has 0 radical (unpaired) electrons. The maximum absolute atomic E-state index is 11.5. The van der Waals surface area contributed by atoms with Gasteiger partial charge in [-0.1, -0.05) is 218 Å². The van der Waals surface area contributed by atoms with Crippen LogP contribution in [0.1, 0.15) is 305 Å². The Kier molecular flexibility index (Phi) is 66.2. The zero-order chi connectivity index (χ0) is 53.6. The van der Waals surface area contributed by atoms with E-state index in [2.05, 4.69) is 57.2 Å². The summed E-state index contributed by atoms with van der Waals surface area (Å²) < 4.78 is 14.9. The number of carbonyl (C=O) groups excluding carboxylic acids is 3. The molecule has 0 heterocycles. The number of unbranched alkanes of at least 4 members (excludes halogenated alkanes) is 32. The van der Waals surface area contributed by atoms with Gasteiger partial charge in [0.1, 0.15) is 19.3 Å². The van der Waals surface area contributed by atoms with Crippen molar-refractivity contribution in [2.45, 2.75) is 317 Å². The maximum atomic E-state index is 11.5. The number of rotatable bonds is 51. The summed E-state index contributed by atoms with van der Waals surface area (Å²) in [5.74, 6) is -0.599. The lowest BCUT2D eigenvalue weighted by atomic mass is 10.0. The van der Waals surface area contributed by atoms with Crippen molar-refractivity contribution >= 4 is 17.9 Å². The lowest BCUT2D eigenvalue weighted by Crippen LogP contribution is -2.18. The van der Waals surface area contributed by atoms with E-state index in [-0.39, 0.29) is 56.4 Å². The van der Waals surface area contributed by atoms with E-state index < -0.39 is 6.10 Å². The molecule has 0 aromatic heterocycles. The molecular formula is C63H120O9. The largest absolute Gasteiger partial charge is 0.463 e. The highest BCUT2D eigenvalue weighted by atomic mass is 16.6. The van der Waals surface area contributed by atoms with Crippen molar-refractivity contribution in [3.8, 4) is 0 Å². The smallest absolute Gasteiger partial charge is 0.308 e. The van der Waals surface area contributed by atoms with Crippen molar-refractivity contribution in [2.24, 2.45) is 5.92 Å². The minimum Gasteiger partial charge on any atom is -0.463 e. The molecule has 3 N–H and O–H groups in total. The normalized spacial score (nSPS) is 12.6. The Morgan fingerprint density at radius 1 is 0.417 bits per heavy atom. The lowest BCUT2D eigenvalue weighted by molar-refractivity contribution is -0.150. The number of carbonyl (C=O) groups is 3. The molecule has 0 bridgehead atoms. The molecule has 0 aromatic rings. The molecule has 9 nitrogen and oxygen atoms in total. The van der Waals surface area contributed by atoms with Crippen molar-refractivity contribution in [1.82, 2.24) is 0 Å². The first-order valence-corrected chi connectivity index (χ1v) is 30.5. The first-order valence-electron chi connectivity index (χ1n) is 30.5. The quantitative estimate of drug-likeness (QED) is 0.0235. The molecule has 0 aromatic carbocycles. The number of ether oxygens (including phenoxy) is 3. The second kappa shape index (κ2) is 64.6. The van der Waals surface area contributed by atoms with E-state index in [0.29, 0.717) is 12.8 Å². The predicted molar refractivity (Wildman–Crippen MR) is 306 cm³/mol. The maximum Gasteiger partial charge on any atom is 0.308 e. The number of hydrogen-bond donors (Lipinski definition) is 3. The highest BCUT2D eigenvalue weighted by molar-refractivity contribution is 5.72. The van der Waals surface area contributed by atoms with E-state index in [9.17, 15) is 14.4 Å². The van der Waals surface area contributed by atoms with Crippen molar-refractivity contribution < 1.29 is 43.9 Å². The fraction of sp³-hybridized carbons (Fsp3) is 0.857. The zero-order valence-corrected chi connectivity index (χ0v) is 48.3. The number of aliphatic hydroxyl groups excluding tert-OH is 3. The van der Waals surface area contributed by atoms with Gasteiger partial charge in [0.05, 0.1) is 25.2 Å². The average molecular weight is 1020 g/mol. The van der Waals surface area contributed by atoms with E-state index in [1.807, 2.05) is 6.92 Å². The highest BCUT2D eigenvalue weighted by Crippen LogP contribution is 2.15. The Labute approximate surface area is 446 Å². The van der Waals surface area contributed by atoms with Crippen LogP contribution in [0.2, 0.25) is 0 Å². The molecule has 0 saturated carbocycles. The van der Waals surface area contributed by atoms with E-state index in [1.54, 1.807) is 13.8 Å². The van der Waals surface area contributed by atoms with Gasteiger partial charge in [-0.2, -0.15) is 0 Å². The molecule has 0 rings (SSSR count). The number of hydrogen-bond acceptors (Lipinski definition) is 9. The minimum absolute atomic E-state index is 0.0474. The molecule has 0 aliphatic rings. The zero-order valence-electron chi connectivity index (χ0n) is 48.3. The Bertz CT molecular complexity index is 1180. The fourth-order valence-electron chi connectivity index (χ4n) is 8.04. The van der Waals surface area contributed by atoms with Crippen LogP contribution >= 0.6 is 0 Å². The van der Waals surface area contributed by atoms with Crippen LogP contribution in [0.25, 0.3) is 0 Å². The lowest BCUT2D eigenvalue weighted by Gasteiger charge is -2.10.